The molecule has 0 spiro atoms. The Labute approximate surface area is 151 Å². The molecule has 6 heteroatoms. The van der Waals surface area contributed by atoms with Crippen molar-refractivity contribution < 1.29 is 9.59 Å². The molecule has 0 aromatic heterocycles. The summed E-state index contributed by atoms with van der Waals surface area (Å²) in [6, 6.07) is 14.9. The second-order valence-electron chi connectivity index (χ2n) is 5.85. The molecule has 0 saturated heterocycles. The molecule has 5 nitrogen and oxygen atoms in total. The molecule has 0 unspecified atom stereocenters. The van der Waals surface area contributed by atoms with Crippen LogP contribution in [0.2, 0.25) is 5.02 Å². The number of hydrogen-bond acceptors (Lipinski definition) is 3. The highest BCUT2D eigenvalue weighted by molar-refractivity contribution is 6.40. The van der Waals surface area contributed by atoms with Gasteiger partial charge in [0.1, 0.15) is 5.71 Å². The van der Waals surface area contributed by atoms with Crippen molar-refractivity contribution in [3.05, 3.63) is 64.7 Å². The fourth-order valence-corrected chi connectivity index (χ4v) is 2.69. The van der Waals surface area contributed by atoms with Crippen molar-refractivity contribution in [2.75, 3.05) is 5.01 Å². The molecule has 0 fully saturated rings. The van der Waals surface area contributed by atoms with Crippen LogP contribution >= 0.6 is 11.6 Å². The zero-order valence-electron chi connectivity index (χ0n) is 13.8. The Kier molecular flexibility index (Phi) is 5.14. The number of benzene rings is 2. The van der Waals surface area contributed by atoms with Gasteiger partial charge in [0, 0.05) is 24.4 Å². The van der Waals surface area contributed by atoms with E-state index in [1.165, 1.54) is 5.01 Å². The van der Waals surface area contributed by atoms with E-state index in [0.29, 0.717) is 29.4 Å². The van der Waals surface area contributed by atoms with Crippen LogP contribution in [0.3, 0.4) is 0 Å². The number of carbonyl (C=O) groups is 2. The third-order valence-electron chi connectivity index (χ3n) is 3.99. The normalized spacial score (nSPS) is 14.2. The lowest BCUT2D eigenvalue weighted by atomic mass is 10.1. The highest BCUT2D eigenvalue weighted by Gasteiger charge is 2.25. The van der Waals surface area contributed by atoms with Crippen LogP contribution in [-0.4, -0.2) is 17.5 Å². The Hall–Kier alpha value is -2.66. The maximum Gasteiger partial charge on any atom is 0.267 e. The fourth-order valence-electron chi connectivity index (χ4n) is 2.51. The predicted molar refractivity (Wildman–Crippen MR) is 98.6 cm³/mol. The van der Waals surface area contributed by atoms with Gasteiger partial charge in [-0.05, 0) is 30.2 Å². The molecule has 0 aliphatic carbocycles. The smallest absolute Gasteiger partial charge is 0.267 e. The Morgan fingerprint density at radius 1 is 1.20 bits per heavy atom. The van der Waals surface area contributed by atoms with Crippen molar-refractivity contribution in [2.24, 2.45) is 5.10 Å². The maximum atomic E-state index is 12.4. The number of amides is 2. The topological polar surface area (TPSA) is 61.8 Å². The summed E-state index contributed by atoms with van der Waals surface area (Å²) in [6.07, 6.45) is 0.568. The average molecular weight is 356 g/mol. The lowest BCUT2D eigenvalue weighted by Crippen LogP contribution is -2.38. The summed E-state index contributed by atoms with van der Waals surface area (Å²) < 4.78 is 0. The largest absolute Gasteiger partial charge is 0.347 e. The summed E-state index contributed by atoms with van der Waals surface area (Å²) >= 11 is 6.13. The Balaban J connectivity index is 1.75. The zero-order chi connectivity index (χ0) is 17.8. The summed E-state index contributed by atoms with van der Waals surface area (Å²) in [7, 11) is 0. The standard InChI is InChI=1S/C19H18ClN3O2/c1-13-7-8-15(11-16(13)20)23-18(24)10-9-17(22-23)19(25)21-12-14-5-3-2-4-6-14/h2-8,11H,9-10,12H2,1H3,(H,21,25). The van der Waals surface area contributed by atoms with E-state index in [1.54, 1.807) is 12.1 Å². The number of aryl methyl sites for hydroxylation is 1. The molecule has 2 aromatic rings. The zero-order valence-corrected chi connectivity index (χ0v) is 14.6. The minimum atomic E-state index is -0.264. The van der Waals surface area contributed by atoms with Gasteiger partial charge < -0.3 is 5.32 Å². The summed E-state index contributed by atoms with van der Waals surface area (Å²) in [5.74, 6) is -0.418. The Morgan fingerprint density at radius 2 is 1.96 bits per heavy atom. The van der Waals surface area contributed by atoms with Crippen LogP contribution < -0.4 is 10.3 Å². The molecule has 128 valence electrons. The van der Waals surface area contributed by atoms with Gasteiger partial charge in [0.05, 0.1) is 5.69 Å². The first-order chi connectivity index (χ1) is 12.0. The second-order valence-corrected chi connectivity index (χ2v) is 6.26. The molecule has 0 atom stereocenters. The molecule has 0 bridgehead atoms. The lowest BCUT2D eigenvalue weighted by Gasteiger charge is -2.23. The number of hydrazone groups is 1. The van der Waals surface area contributed by atoms with Crippen LogP contribution in [-0.2, 0) is 16.1 Å². The molecule has 1 aliphatic heterocycles. The molecule has 2 aromatic carbocycles. The number of anilines is 1. The van der Waals surface area contributed by atoms with E-state index in [1.807, 2.05) is 43.3 Å². The molecule has 0 saturated carbocycles. The van der Waals surface area contributed by atoms with Crippen molar-refractivity contribution in [3.8, 4) is 0 Å². The Morgan fingerprint density at radius 3 is 2.68 bits per heavy atom. The SMILES string of the molecule is Cc1ccc(N2N=C(C(=O)NCc3ccccc3)CCC2=O)cc1Cl. The summed E-state index contributed by atoms with van der Waals surface area (Å²) in [5.41, 5.74) is 2.83. The molecule has 25 heavy (non-hydrogen) atoms. The number of hydrogen-bond donors (Lipinski definition) is 1. The van der Waals surface area contributed by atoms with E-state index in [-0.39, 0.29) is 18.2 Å². The van der Waals surface area contributed by atoms with Gasteiger partial charge in [0.25, 0.3) is 5.91 Å². The van der Waals surface area contributed by atoms with Crippen molar-refractivity contribution >= 4 is 34.8 Å². The Bertz CT molecular complexity index is 834. The van der Waals surface area contributed by atoms with Gasteiger partial charge in [0.15, 0.2) is 0 Å². The molecule has 3 rings (SSSR count). The van der Waals surface area contributed by atoms with Gasteiger partial charge in [-0.2, -0.15) is 5.10 Å². The van der Waals surface area contributed by atoms with E-state index < -0.39 is 0 Å². The van der Waals surface area contributed by atoms with Crippen molar-refractivity contribution in [1.82, 2.24) is 5.32 Å². The number of rotatable bonds is 4. The minimum Gasteiger partial charge on any atom is -0.347 e. The van der Waals surface area contributed by atoms with E-state index >= 15 is 0 Å². The highest BCUT2D eigenvalue weighted by Crippen LogP contribution is 2.26. The summed E-state index contributed by atoms with van der Waals surface area (Å²) in [4.78, 5) is 24.6. The maximum absolute atomic E-state index is 12.4. The van der Waals surface area contributed by atoms with Crippen LogP contribution in [0.5, 0.6) is 0 Å². The van der Waals surface area contributed by atoms with Crippen LogP contribution in [0.15, 0.2) is 53.6 Å². The first-order valence-electron chi connectivity index (χ1n) is 8.03. The summed E-state index contributed by atoms with van der Waals surface area (Å²) in [5, 5.41) is 8.90. The van der Waals surface area contributed by atoms with Crippen molar-refractivity contribution in [3.63, 3.8) is 0 Å². The van der Waals surface area contributed by atoms with Gasteiger partial charge >= 0.3 is 0 Å². The lowest BCUT2D eigenvalue weighted by molar-refractivity contribution is -0.119. The fraction of sp³-hybridized carbons (Fsp3) is 0.211. The number of nitrogens with one attached hydrogen (secondary N) is 1. The number of halogens is 1. The average Bonchev–Trinajstić information content (AvgIpc) is 2.63. The predicted octanol–water partition coefficient (Wildman–Crippen LogP) is 3.45. The van der Waals surface area contributed by atoms with E-state index in [0.717, 1.165) is 11.1 Å². The van der Waals surface area contributed by atoms with Crippen molar-refractivity contribution in [2.45, 2.75) is 26.3 Å². The third kappa shape index (κ3) is 4.06. The van der Waals surface area contributed by atoms with E-state index in [9.17, 15) is 9.59 Å². The molecular weight excluding hydrogens is 338 g/mol. The van der Waals surface area contributed by atoms with Crippen LogP contribution in [0.25, 0.3) is 0 Å². The number of carbonyl (C=O) groups excluding carboxylic acids is 2. The molecule has 1 heterocycles. The highest BCUT2D eigenvalue weighted by atomic mass is 35.5. The van der Waals surface area contributed by atoms with E-state index in [4.69, 9.17) is 11.6 Å². The van der Waals surface area contributed by atoms with Gasteiger partial charge in [-0.3, -0.25) is 9.59 Å². The van der Waals surface area contributed by atoms with Gasteiger partial charge in [-0.25, -0.2) is 5.01 Å². The molecule has 1 N–H and O–H groups in total. The van der Waals surface area contributed by atoms with Gasteiger partial charge in [-0.1, -0.05) is 48.0 Å². The van der Waals surface area contributed by atoms with Crippen molar-refractivity contribution in [1.29, 1.82) is 0 Å². The second kappa shape index (κ2) is 7.49. The first kappa shape index (κ1) is 17.2. The van der Waals surface area contributed by atoms with Crippen LogP contribution in [0, 0.1) is 6.92 Å². The van der Waals surface area contributed by atoms with E-state index in [2.05, 4.69) is 10.4 Å². The van der Waals surface area contributed by atoms with Gasteiger partial charge in [-0.15, -0.1) is 0 Å². The van der Waals surface area contributed by atoms with Crippen LogP contribution in [0.4, 0.5) is 5.69 Å². The van der Waals surface area contributed by atoms with Crippen LogP contribution in [0.1, 0.15) is 24.0 Å². The molecule has 1 aliphatic rings. The quantitative estimate of drug-likeness (QED) is 0.913. The van der Waals surface area contributed by atoms with Gasteiger partial charge in [0.2, 0.25) is 5.91 Å². The molecular formula is C19H18ClN3O2. The first-order valence-corrected chi connectivity index (χ1v) is 8.41. The minimum absolute atomic E-state index is 0.153. The number of nitrogens with zero attached hydrogens (tertiary/aromatic N) is 2. The third-order valence-corrected chi connectivity index (χ3v) is 4.40. The molecule has 2 amide bonds. The monoisotopic (exact) mass is 355 g/mol. The molecule has 0 radical (unpaired) electrons. The summed E-state index contributed by atoms with van der Waals surface area (Å²) in [6.45, 7) is 2.30.